The summed E-state index contributed by atoms with van der Waals surface area (Å²) in [5, 5.41) is 9.12. The third kappa shape index (κ3) is 3.47. The Bertz CT molecular complexity index is 398. The Labute approximate surface area is 108 Å². The largest absolute Gasteiger partial charge is 0.497 e. The quantitative estimate of drug-likeness (QED) is 0.840. The third-order valence-electron chi connectivity index (χ3n) is 3.37. The van der Waals surface area contributed by atoms with Crippen LogP contribution in [0.1, 0.15) is 19.4 Å². The van der Waals surface area contributed by atoms with E-state index in [9.17, 15) is 4.79 Å². The van der Waals surface area contributed by atoms with Crippen molar-refractivity contribution in [2.75, 3.05) is 20.7 Å². The third-order valence-corrected chi connectivity index (χ3v) is 3.37. The first-order chi connectivity index (χ1) is 8.37. The molecule has 1 rings (SSSR count). The van der Waals surface area contributed by atoms with E-state index in [1.54, 1.807) is 21.0 Å². The standard InChI is InChI=1S/C14H21NO3/c1-14(2,13(16)17)15(3)10-9-11-5-7-12(18-4)8-6-11/h5-8H,9-10H2,1-4H3,(H,16,17). The Morgan fingerprint density at radius 2 is 1.89 bits per heavy atom. The smallest absolute Gasteiger partial charge is 0.323 e. The lowest BCUT2D eigenvalue weighted by molar-refractivity contribution is -0.148. The van der Waals surface area contributed by atoms with Crippen LogP contribution in [0.3, 0.4) is 0 Å². The van der Waals surface area contributed by atoms with Gasteiger partial charge in [0.15, 0.2) is 0 Å². The number of aliphatic carboxylic acids is 1. The SMILES string of the molecule is COc1ccc(CCN(C)C(C)(C)C(=O)O)cc1. The zero-order valence-corrected chi connectivity index (χ0v) is 11.4. The summed E-state index contributed by atoms with van der Waals surface area (Å²) in [4.78, 5) is 12.9. The van der Waals surface area contributed by atoms with E-state index in [-0.39, 0.29) is 0 Å². The number of rotatable bonds is 6. The van der Waals surface area contributed by atoms with Gasteiger partial charge in [0.2, 0.25) is 0 Å². The van der Waals surface area contributed by atoms with Gasteiger partial charge in [-0.1, -0.05) is 12.1 Å². The van der Waals surface area contributed by atoms with E-state index in [0.29, 0.717) is 6.54 Å². The van der Waals surface area contributed by atoms with Gasteiger partial charge < -0.3 is 9.84 Å². The summed E-state index contributed by atoms with van der Waals surface area (Å²) in [5.41, 5.74) is 0.329. The second-order valence-electron chi connectivity index (χ2n) is 4.88. The lowest BCUT2D eigenvalue weighted by Crippen LogP contribution is -2.48. The van der Waals surface area contributed by atoms with E-state index in [1.807, 2.05) is 36.2 Å². The molecule has 0 aromatic heterocycles. The molecular weight excluding hydrogens is 230 g/mol. The lowest BCUT2D eigenvalue weighted by Gasteiger charge is -2.31. The molecule has 1 N–H and O–H groups in total. The Hall–Kier alpha value is -1.55. The number of benzene rings is 1. The number of hydrogen-bond donors (Lipinski definition) is 1. The highest BCUT2D eigenvalue weighted by Crippen LogP contribution is 2.15. The van der Waals surface area contributed by atoms with Crippen molar-refractivity contribution < 1.29 is 14.6 Å². The molecule has 100 valence electrons. The second-order valence-corrected chi connectivity index (χ2v) is 4.88. The van der Waals surface area contributed by atoms with E-state index in [1.165, 1.54) is 5.56 Å². The first-order valence-electron chi connectivity index (χ1n) is 5.95. The average molecular weight is 251 g/mol. The zero-order chi connectivity index (χ0) is 13.8. The van der Waals surface area contributed by atoms with Gasteiger partial charge >= 0.3 is 5.97 Å². The molecule has 0 spiro atoms. The topological polar surface area (TPSA) is 49.8 Å². The van der Waals surface area contributed by atoms with Crippen LogP contribution in [0.5, 0.6) is 5.75 Å². The monoisotopic (exact) mass is 251 g/mol. The van der Waals surface area contributed by atoms with Gasteiger partial charge in [-0.2, -0.15) is 0 Å². The van der Waals surface area contributed by atoms with Gasteiger partial charge in [-0.3, -0.25) is 9.69 Å². The normalized spacial score (nSPS) is 11.6. The van der Waals surface area contributed by atoms with Crippen molar-refractivity contribution in [3.05, 3.63) is 29.8 Å². The molecule has 0 fully saturated rings. The number of carbonyl (C=O) groups is 1. The van der Waals surface area contributed by atoms with Gasteiger partial charge in [0.1, 0.15) is 11.3 Å². The molecule has 0 aliphatic carbocycles. The molecule has 0 aliphatic rings. The maximum absolute atomic E-state index is 11.1. The predicted octanol–water partition coefficient (Wildman–Crippen LogP) is 2.03. The van der Waals surface area contributed by atoms with Crippen molar-refractivity contribution in [1.29, 1.82) is 0 Å². The number of carboxylic acids is 1. The highest BCUT2D eigenvalue weighted by atomic mass is 16.5. The summed E-state index contributed by atoms with van der Waals surface area (Å²) in [5.74, 6) is 0.0256. The van der Waals surface area contributed by atoms with E-state index in [2.05, 4.69) is 0 Å². The Morgan fingerprint density at radius 1 is 1.33 bits per heavy atom. The van der Waals surface area contributed by atoms with Crippen molar-refractivity contribution in [2.45, 2.75) is 25.8 Å². The van der Waals surface area contributed by atoms with E-state index >= 15 is 0 Å². The Kier molecular flexibility index (Phi) is 4.73. The summed E-state index contributed by atoms with van der Waals surface area (Å²) < 4.78 is 5.09. The summed E-state index contributed by atoms with van der Waals surface area (Å²) in [6.07, 6.45) is 0.817. The van der Waals surface area contributed by atoms with Crippen LogP contribution in [0.4, 0.5) is 0 Å². The summed E-state index contributed by atoms with van der Waals surface area (Å²) >= 11 is 0. The number of ether oxygens (including phenoxy) is 1. The fourth-order valence-corrected chi connectivity index (χ4v) is 1.53. The first-order valence-corrected chi connectivity index (χ1v) is 5.95. The number of hydrogen-bond acceptors (Lipinski definition) is 3. The van der Waals surface area contributed by atoms with Crippen molar-refractivity contribution in [1.82, 2.24) is 4.90 Å². The van der Waals surface area contributed by atoms with Crippen LogP contribution in [0.2, 0.25) is 0 Å². The molecule has 0 heterocycles. The number of methoxy groups -OCH3 is 1. The number of likely N-dealkylation sites (N-methyl/N-ethyl adjacent to an activating group) is 1. The maximum Gasteiger partial charge on any atom is 0.323 e. The van der Waals surface area contributed by atoms with Crippen LogP contribution in [-0.2, 0) is 11.2 Å². The average Bonchev–Trinajstić information content (AvgIpc) is 2.36. The molecule has 18 heavy (non-hydrogen) atoms. The van der Waals surface area contributed by atoms with Crippen LogP contribution >= 0.6 is 0 Å². The summed E-state index contributed by atoms with van der Waals surface area (Å²) in [6, 6.07) is 7.83. The lowest BCUT2D eigenvalue weighted by atomic mass is 10.0. The van der Waals surface area contributed by atoms with Gasteiger partial charge in [-0.25, -0.2) is 0 Å². The predicted molar refractivity (Wildman–Crippen MR) is 71.0 cm³/mol. The molecular formula is C14H21NO3. The molecule has 4 heteroatoms. The summed E-state index contributed by atoms with van der Waals surface area (Å²) in [6.45, 7) is 4.12. The highest BCUT2D eigenvalue weighted by Gasteiger charge is 2.31. The minimum atomic E-state index is -0.841. The fourth-order valence-electron chi connectivity index (χ4n) is 1.53. The summed E-state index contributed by atoms with van der Waals surface area (Å²) in [7, 11) is 3.47. The van der Waals surface area contributed by atoms with Gasteiger partial charge in [0.25, 0.3) is 0 Å². The molecule has 4 nitrogen and oxygen atoms in total. The second kappa shape index (κ2) is 5.87. The van der Waals surface area contributed by atoms with E-state index in [4.69, 9.17) is 9.84 Å². The molecule has 0 radical (unpaired) electrons. The molecule has 0 saturated carbocycles. The van der Waals surface area contributed by atoms with Crippen LogP contribution < -0.4 is 4.74 Å². The maximum atomic E-state index is 11.1. The van der Waals surface area contributed by atoms with E-state index < -0.39 is 11.5 Å². The molecule has 0 atom stereocenters. The first kappa shape index (κ1) is 14.5. The van der Waals surface area contributed by atoms with Crippen molar-refractivity contribution in [3.63, 3.8) is 0 Å². The molecule has 0 bridgehead atoms. The van der Waals surface area contributed by atoms with Gasteiger partial charge in [-0.15, -0.1) is 0 Å². The Balaban J connectivity index is 2.56. The van der Waals surface area contributed by atoms with E-state index in [0.717, 1.165) is 12.2 Å². The van der Waals surface area contributed by atoms with Crippen molar-refractivity contribution in [2.24, 2.45) is 0 Å². The molecule has 0 unspecified atom stereocenters. The van der Waals surface area contributed by atoms with Crippen molar-refractivity contribution in [3.8, 4) is 5.75 Å². The van der Waals surface area contributed by atoms with Crippen molar-refractivity contribution >= 4 is 5.97 Å². The van der Waals surface area contributed by atoms with Gasteiger partial charge in [0, 0.05) is 6.54 Å². The molecule has 0 aliphatic heterocycles. The Morgan fingerprint density at radius 3 is 2.33 bits per heavy atom. The number of nitrogens with zero attached hydrogens (tertiary/aromatic N) is 1. The molecule has 0 amide bonds. The van der Waals surface area contributed by atoms with Crippen LogP contribution in [-0.4, -0.2) is 42.2 Å². The van der Waals surface area contributed by atoms with Crippen LogP contribution in [0.15, 0.2) is 24.3 Å². The van der Waals surface area contributed by atoms with Crippen LogP contribution in [0, 0.1) is 0 Å². The minimum absolute atomic E-state index is 0.700. The molecule has 1 aromatic rings. The van der Waals surface area contributed by atoms with Gasteiger partial charge in [-0.05, 0) is 45.0 Å². The fraction of sp³-hybridized carbons (Fsp3) is 0.500. The highest BCUT2D eigenvalue weighted by molar-refractivity contribution is 5.77. The van der Waals surface area contributed by atoms with Crippen LogP contribution in [0.25, 0.3) is 0 Å². The minimum Gasteiger partial charge on any atom is -0.497 e. The molecule has 0 saturated heterocycles. The van der Waals surface area contributed by atoms with Gasteiger partial charge in [0.05, 0.1) is 7.11 Å². The molecule has 1 aromatic carbocycles. The zero-order valence-electron chi connectivity index (χ0n) is 11.4. The number of carboxylic acid groups (broad SMARTS) is 1.